The Bertz CT molecular complexity index is 351. The Morgan fingerprint density at radius 1 is 1.31 bits per heavy atom. The maximum Gasteiger partial charge on any atom is 0.137 e. The van der Waals surface area contributed by atoms with Gasteiger partial charge in [-0.15, -0.1) is 0 Å². The molecule has 88 valence electrons. The van der Waals surface area contributed by atoms with Crippen LogP contribution >= 0.6 is 15.9 Å². The summed E-state index contributed by atoms with van der Waals surface area (Å²) in [6.45, 7) is 5.34. The third kappa shape index (κ3) is 3.27. The molecule has 0 bridgehead atoms. The highest BCUT2D eigenvalue weighted by atomic mass is 79.9. The van der Waals surface area contributed by atoms with Crippen molar-refractivity contribution < 1.29 is 4.39 Å². The molecule has 2 rings (SSSR count). The molecule has 0 aliphatic carbocycles. The van der Waals surface area contributed by atoms with Gasteiger partial charge in [0.25, 0.3) is 0 Å². The molecular formula is C12H16BrFN2. The maximum atomic E-state index is 13.3. The summed E-state index contributed by atoms with van der Waals surface area (Å²) >= 11 is 3.16. The van der Waals surface area contributed by atoms with E-state index in [0.29, 0.717) is 4.47 Å². The van der Waals surface area contributed by atoms with Crippen LogP contribution in [0.5, 0.6) is 0 Å². The minimum Gasteiger partial charge on any atom is -0.314 e. The zero-order valence-electron chi connectivity index (χ0n) is 9.18. The van der Waals surface area contributed by atoms with Crippen LogP contribution in [0, 0.1) is 5.82 Å². The molecule has 1 aliphatic rings. The van der Waals surface area contributed by atoms with Crippen molar-refractivity contribution in [1.82, 2.24) is 10.2 Å². The van der Waals surface area contributed by atoms with Gasteiger partial charge in [0.15, 0.2) is 0 Å². The van der Waals surface area contributed by atoms with Crippen LogP contribution in [0.3, 0.4) is 0 Å². The molecule has 0 radical (unpaired) electrons. The summed E-state index contributed by atoms with van der Waals surface area (Å²) < 4.78 is 13.8. The van der Waals surface area contributed by atoms with Crippen molar-refractivity contribution in [2.24, 2.45) is 0 Å². The molecule has 0 saturated carbocycles. The number of hydrogen-bond acceptors (Lipinski definition) is 2. The van der Waals surface area contributed by atoms with Gasteiger partial charge >= 0.3 is 0 Å². The SMILES string of the molecule is Fc1cc(CCN2CCNCC2)ccc1Br. The van der Waals surface area contributed by atoms with Gasteiger partial charge in [0.05, 0.1) is 4.47 Å². The maximum absolute atomic E-state index is 13.3. The molecular weight excluding hydrogens is 271 g/mol. The molecule has 0 spiro atoms. The predicted molar refractivity (Wildman–Crippen MR) is 67.1 cm³/mol. The lowest BCUT2D eigenvalue weighted by Gasteiger charge is -2.27. The summed E-state index contributed by atoms with van der Waals surface area (Å²) in [5, 5.41) is 3.32. The topological polar surface area (TPSA) is 15.3 Å². The van der Waals surface area contributed by atoms with E-state index in [1.165, 1.54) is 0 Å². The Kier molecular flexibility index (Phi) is 4.32. The van der Waals surface area contributed by atoms with Gasteiger partial charge in [-0.1, -0.05) is 6.07 Å². The van der Waals surface area contributed by atoms with Crippen molar-refractivity contribution in [3.63, 3.8) is 0 Å². The highest BCUT2D eigenvalue weighted by Gasteiger charge is 2.09. The zero-order valence-corrected chi connectivity index (χ0v) is 10.8. The van der Waals surface area contributed by atoms with E-state index in [1.54, 1.807) is 12.1 Å². The minimum atomic E-state index is -0.169. The second-order valence-electron chi connectivity index (χ2n) is 4.09. The molecule has 1 heterocycles. The quantitative estimate of drug-likeness (QED) is 0.915. The number of benzene rings is 1. The lowest BCUT2D eigenvalue weighted by molar-refractivity contribution is 0.244. The molecule has 1 aliphatic heterocycles. The van der Waals surface area contributed by atoms with Gasteiger partial charge in [0, 0.05) is 32.7 Å². The van der Waals surface area contributed by atoms with Crippen molar-refractivity contribution in [2.45, 2.75) is 6.42 Å². The predicted octanol–water partition coefficient (Wildman–Crippen LogP) is 2.04. The first-order valence-electron chi connectivity index (χ1n) is 5.63. The molecule has 0 atom stereocenters. The first-order chi connectivity index (χ1) is 7.75. The highest BCUT2D eigenvalue weighted by Crippen LogP contribution is 2.16. The van der Waals surface area contributed by atoms with Crippen LogP contribution in [-0.2, 0) is 6.42 Å². The van der Waals surface area contributed by atoms with E-state index in [0.717, 1.165) is 44.7 Å². The Balaban J connectivity index is 1.86. The monoisotopic (exact) mass is 286 g/mol. The summed E-state index contributed by atoms with van der Waals surface area (Å²) in [7, 11) is 0. The van der Waals surface area contributed by atoms with Crippen molar-refractivity contribution in [2.75, 3.05) is 32.7 Å². The lowest BCUT2D eigenvalue weighted by atomic mass is 10.1. The fraction of sp³-hybridized carbons (Fsp3) is 0.500. The second kappa shape index (κ2) is 5.75. The fourth-order valence-corrected chi connectivity index (χ4v) is 2.16. The van der Waals surface area contributed by atoms with Crippen molar-refractivity contribution in [3.8, 4) is 0 Å². The van der Waals surface area contributed by atoms with Crippen LogP contribution < -0.4 is 5.32 Å². The van der Waals surface area contributed by atoms with E-state index < -0.39 is 0 Å². The van der Waals surface area contributed by atoms with Gasteiger partial charge in [0.2, 0.25) is 0 Å². The molecule has 1 aromatic rings. The zero-order chi connectivity index (χ0) is 11.4. The normalized spacial score (nSPS) is 17.6. The van der Waals surface area contributed by atoms with Gasteiger partial charge in [-0.25, -0.2) is 4.39 Å². The van der Waals surface area contributed by atoms with Crippen LogP contribution in [0.2, 0.25) is 0 Å². The summed E-state index contributed by atoms with van der Waals surface area (Å²) in [6.07, 6.45) is 0.921. The van der Waals surface area contributed by atoms with Crippen LogP contribution in [0.1, 0.15) is 5.56 Å². The molecule has 0 unspecified atom stereocenters. The van der Waals surface area contributed by atoms with Crippen LogP contribution in [0.15, 0.2) is 22.7 Å². The molecule has 4 heteroatoms. The minimum absolute atomic E-state index is 0.169. The smallest absolute Gasteiger partial charge is 0.137 e. The molecule has 1 N–H and O–H groups in total. The van der Waals surface area contributed by atoms with Gasteiger partial charge < -0.3 is 10.2 Å². The molecule has 1 fully saturated rings. The number of nitrogens with one attached hydrogen (secondary N) is 1. The first kappa shape index (κ1) is 12.0. The van der Waals surface area contributed by atoms with E-state index in [9.17, 15) is 4.39 Å². The van der Waals surface area contributed by atoms with E-state index in [-0.39, 0.29) is 5.82 Å². The van der Waals surface area contributed by atoms with Crippen LogP contribution in [-0.4, -0.2) is 37.6 Å². The van der Waals surface area contributed by atoms with Crippen molar-refractivity contribution in [3.05, 3.63) is 34.1 Å². The van der Waals surface area contributed by atoms with Crippen molar-refractivity contribution >= 4 is 15.9 Å². The Hall–Kier alpha value is -0.450. The van der Waals surface area contributed by atoms with Gasteiger partial charge in [-0.2, -0.15) is 0 Å². The highest BCUT2D eigenvalue weighted by molar-refractivity contribution is 9.10. The van der Waals surface area contributed by atoms with E-state index >= 15 is 0 Å². The first-order valence-corrected chi connectivity index (χ1v) is 6.42. The molecule has 16 heavy (non-hydrogen) atoms. The van der Waals surface area contributed by atoms with Crippen LogP contribution in [0.4, 0.5) is 4.39 Å². The third-order valence-electron chi connectivity index (χ3n) is 2.91. The summed E-state index contributed by atoms with van der Waals surface area (Å²) in [4.78, 5) is 2.41. The number of piperazine rings is 1. The van der Waals surface area contributed by atoms with Gasteiger partial charge in [-0.05, 0) is 40.0 Å². The average molecular weight is 287 g/mol. The lowest BCUT2D eigenvalue weighted by Crippen LogP contribution is -2.44. The second-order valence-corrected chi connectivity index (χ2v) is 4.94. The molecule has 1 saturated heterocycles. The third-order valence-corrected chi connectivity index (χ3v) is 3.55. The fourth-order valence-electron chi connectivity index (χ4n) is 1.92. The summed E-state index contributed by atoms with van der Waals surface area (Å²) in [5.41, 5.74) is 1.07. The number of nitrogens with zero attached hydrogens (tertiary/aromatic N) is 1. The number of hydrogen-bond donors (Lipinski definition) is 1. The Morgan fingerprint density at radius 2 is 2.06 bits per heavy atom. The summed E-state index contributed by atoms with van der Waals surface area (Å²) in [5.74, 6) is -0.169. The number of rotatable bonds is 3. The van der Waals surface area contributed by atoms with E-state index in [4.69, 9.17) is 0 Å². The summed E-state index contributed by atoms with van der Waals surface area (Å²) in [6, 6.07) is 5.38. The Labute approximate surface area is 104 Å². The van der Waals surface area contributed by atoms with E-state index in [2.05, 4.69) is 26.1 Å². The average Bonchev–Trinajstić information content (AvgIpc) is 2.32. The Morgan fingerprint density at radius 3 is 2.75 bits per heavy atom. The van der Waals surface area contributed by atoms with Gasteiger partial charge in [0.1, 0.15) is 5.82 Å². The van der Waals surface area contributed by atoms with Gasteiger partial charge in [-0.3, -0.25) is 0 Å². The molecule has 0 aromatic heterocycles. The molecule has 2 nitrogen and oxygen atoms in total. The largest absolute Gasteiger partial charge is 0.314 e. The molecule has 1 aromatic carbocycles. The van der Waals surface area contributed by atoms with E-state index in [1.807, 2.05) is 6.07 Å². The molecule has 0 amide bonds. The number of halogens is 2. The standard InChI is InChI=1S/C12H16BrFN2/c13-11-2-1-10(9-12(11)14)3-6-16-7-4-15-5-8-16/h1-2,9,15H,3-8H2. The van der Waals surface area contributed by atoms with Crippen LogP contribution in [0.25, 0.3) is 0 Å². The van der Waals surface area contributed by atoms with Crippen molar-refractivity contribution in [1.29, 1.82) is 0 Å².